The first-order chi connectivity index (χ1) is 7.93. The normalized spacial score (nSPS) is 11.6. The third kappa shape index (κ3) is 1.69. The van der Waals surface area contributed by atoms with Gasteiger partial charge in [0, 0.05) is 20.6 Å². The Morgan fingerprint density at radius 1 is 1.29 bits per heavy atom. The van der Waals surface area contributed by atoms with Gasteiger partial charge in [-0.15, -0.1) is 0 Å². The minimum Gasteiger partial charge on any atom is -0.328 e. The average Bonchev–Trinajstić information content (AvgIpc) is 2.63. The zero-order valence-corrected chi connectivity index (χ0v) is 10.5. The topological polar surface area (TPSA) is 61.8 Å². The predicted molar refractivity (Wildman–Crippen MR) is 65.1 cm³/mol. The predicted octanol–water partition coefficient (Wildman–Crippen LogP) is 0.0897. The summed E-state index contributed by atoms with van der Waals surface area (Å²) in [6, 6.07) is 0. The standard InChI is InChI=1S/C11H16N4O2/c1-7(2)5-15-10(16)8-9(12-6-13(8)3)14(4)11(15)17/h6-7H,5H2,1-4H3. The van der Waals surface area contributed by atoms with Gasteiger partial charge in [-0.2, -0.15) is 0 Å². The summed E-state index contributed by atoms with van der Waals surface area (Å²) in [5, 5.41) is 0. The van der Waals surface area contributed by atoms with Crippen LogP contribution in [0, 0.1) is 5.92 Å². The van der Waals surface area contributed by atoms with Crippen LogP contribution < -0.4 is 11.2 Å². The van der Waals surface area contributed by atoms with Crippen LogP contribution in [-0.4, -0.2) is 18.7 Å². The quantitative estimate of drug-likeness (QED) is 0.742. The van der Waals surface area contributed by atoms with E-state index in [0.717, 1.165) is 0 Å². The van der Waals surface area contributed by atoms with Crippen LogP contribution in [0.3, 0.4) is 0 Å². The molecule has 0 spiro atoms. The Labute approximate surface area is 98.1 Å². The van der Waals surface area contributed by atoms with Crippen molar-refractivity contribution in [1.82, 2.24) is 18.7 Å². The summed E-state index contributed by atoms with van der Waals surface area (Å²) < 4.78 is 4.34. The van der Waals surface area contributed by atoms with Gasteiger partial charge in [0.15, 0.2) is 11.2 Å². The number of imidazole rings is 1. The lowest BCUT2D eigenvalue weighted by atomic mass is 10.2. The van der Waals surface area contributed by atoms with E-state index in [-0.39, 0.29) is 17.2 Å². The molecule has 0 N–H and O–H groups in total. The van der Waals surface area contributed by atoms with Crippen molar-refractivity contribution in [2.24, 2.45) is 20.0 Å². The third-order valence-corrected chi connectivity index (χ3v) is 2.75. The van der Waals surface area contributed by atoms with Gasteiger partial charge < -0.3 is 4.57 Å². The summed E-state index contributed by atoms with van der Waals surface area (Å²) in [5.41, 5.74) is 0.321. The van der Waals surface area contributed by atoms with Gasteiger partial charge in [-0.3, -0.25) is 13.9 Å². The lowest BCUT2D eigenvalue weighted by Crippen LogP contribution is -2.40. The maximum Gasteiger partial charge on any atom is 0.332 e. The SMILES string of the molecule is CC(C)Cn1c(=O)c2c(ncn2C)n(C)c1=O. The Morgan fingerprint density at radius 2 is 1.94 bits per heavy atom. The molecule has 2 aromatic rings. The molecule has 0 atom stereocenters. The third-order valence-electron chi connectivity index (χ3n) is 2.75. The van der Waals surface area contributed by atoms with Crippen LogP contribution in [0.4, 0.5) is 0 Å². The van der Waals surface area contributed by atoms with Gasteiger partial charge in [0.25, 0.3) is 5.56 Å². The molecular formula is C11H16N4O2. The van der Waals surface area contributed by atoms with Crippen LogP contribution in [0.2, 0.25) is 0 Å². The van der Waals surface area contributed by atoms with E-state index in [1.807, 2.05) is 13.8 Å². The molecule has 0 fully saturated rings. The van der Waals surface area contributed by atoms with Crippen molar-refractivity contribution in [3.8, 4) is 0 Å². The molecule has 2 aromatic heterocycles. The molecule has 0 aliphatic carbocycles. The minimum absolute atomic E-state index is 0.242. The van der Waals surface area contributed by atoms with E-state index in [4.69, 9.17) is 0 Å². The smallest absolute Gasteiger partial charge is 0.328 e. The van der Waals surface area contributed by atoms with E-state index in [1.165, 1.54) is 9.13 Å². The van der Waals surface area contributed by atoms with Gasteiger partial charge in [-0.1, -0.05) is 13.8 Å². The molecule has 92 valence electrons. The zero-order chi connectivity index (χ0) is 12.7. The van der Waals surface area contributed by atoms with Crippen LogP contribution >= 0.6 is 0 Å². The average molecular weight is 236 g/mol. The fourth-order valence-electron chi connectivity index (χ4n) is 1.92. The van der Waals surface area contributed by atoms with Gasteiger partial charge in [0.1, 0.15) is 0 Å². The molecule has 6 nitrogen and oxygen atoms in total. The highest BCUT2D eigenvalue weighted by molar-refractivity contribution is 5.69. The van der Waals surface area contributed by atoms with Gasteiger partial charge >= 0.3 is 5.69 Å². The van der Waals surface area contributed by atoms with Crippen LogP contribution in [-0.2, 0) is 20.6 Å². The number of nitrogens with zero attached hydrogens (tertiary/aromatic N) is 4. The molecule has 0 aliphatic heterocycles. The second-order valence-electron chi connectivity index (χ2n) is 4.68. The molecule has 0 saturated carbocycles. The summed E-state index contributed by atoms with van der Waals surface area (Å²) >= 11 is 0. The fraction of sp³-hybridized carbons (Fsp3) is 0.545. The molecule has 17 heavy (non-hydrogen) atoms. The molecule has 2 heterocycles. The van der Waals surface area contributed by atoms with E-state index in [0.29, 0.717) is 17.7 Å². The summed E-state index contributed by atoms with van der Waals surface area (Å²) in [5.74, 6) is 0.242. The van der Waals surface area contributed by atoms with Crippen LogP contribution in [0.5, 0.6) is 0 Å². The summed E-state index contributed by atoms with van der Waals surface area (Å²) in [4.78, 5) is 28.3. The Bertz CT molecular complexity index is 675. The number of fused-ring (bicyclic) bond motifs is 1. The van der Waals surface area contributed by atoms with Crippen LogP contribution in [0.1, 0.15) is 13.8 Å². The largest absolute Gasteiger partial charge is 0.332 e. The first-order valence-corrected chi connectivity index (χ1v) is 5.54. The van der Waals surface area contributed by atoms with Crippen LogP contribution in [0.15, 0.2) is 15.9 Å². The van der Waals surface area contributed by atoms with Gasteiger partial charge in [0.2, 0.25) is 0 Å². The molecule has 6 heteroatoms. The maximum absolute atomic E-state index is 12.2. The Morgan fingerprint density at radius 3 is 2.53 bits per heavy atom. The van der Waals surface area contributed by atoms with Crippen LogP contribution in [0.25, 0.3) is 11.2 Å². The van der Waals surface area contributed by atoms with Crippen molar-refractivity contribution in [2.75, 3.05) is 0 Å². The lowest BCUT2D eigenvalue weighted by Gasteiger charge is -2.10. The van der Waals surface area contributed by atoms with E-state index >= 15 is 0 Å². The summed E-state index contributed by atoms with van der Waals surface area (Å²) in [6.07, 6.45) is 1.55. The second-order valence-corrected chi connectivity index (χ2v) is 4.68. The zero-order valence-electron chi connectivity index (χ0n) is 10.5. The van der Waals surface area contributed by atoms with Crippen molar-refractivity contribution in [3.05, 3.63) is 27.2 Å². The van der Waals surface area contributed by atoms with E-state index in [9.17, 15) is 9.59 Å². The monoisotopic (exact) mass is 236 g/mol. The van der Waals surface area contributed by atoms with Crippen molar-refractivity contribution >= 4 is 11.2 Å². The molecule has 0 radical (unpaired) electrons. The van der Waals surface area contributed by atoms with E-state index in [1.54, 1.807) is 25.0 Å². The number of rotatable bonds is 2. The molecule has 0 saturated heterocycles. The summed E-state index contributed by atoms with van der Waals surface area (Å²) in [6.45, 7) is 4.37. The van der Waals surface area contributed by atoms with Crippen molar-refractivity contribution in [2.45, 2.75) is 20.4 Å². The second kappa shape index (κ2) is 3.87. The number of aryl methyl sites for hydroxylation is 2. The van der Waals surface area contributed by atoms with Crippen molar-refractivity contribution < 1.29 is 0 Å². The molecule has 0 amide bonds. The fourth-order valence-corrected chi connectivity index (χ4v) is 1.92. The van der Waals surface area contributed by atoms with Gasteiger partial charge in [0.05, 0.1) is 6.33 Å². The molecular weight excluding hydrogens is 220 g/mol. The number of hydrogen-bond acceptors (Lipinski definition) is 3. The molecule has 0 bridgehead atoms. The van der Waals surface area contributed by atoms with Crippen molar-refractivity contribution in [3.63, 3.8) is 0 Å². The summed E-state index contributed by atoms with van der Waals surface area (Å²) in [7, 11) is 3.38. The lowest BCUT2D eigenvalue weighted by molar-refractivity contribution is 0.484. The highest BCUT2D eigenvalue weighted by Crippen LogP contribution is 2.03. The number of aromatic nitrogens is 4. The first kappa shape index (κ1) is 11.6. The molecule has 0 unspecified atom stereocenters. The molecule has 0 aliphatic rings. The van der Waals surface area contributed by atoms with Gasteiger partial charge in [-0.05, 0) is 5.92 Å². The Kier molecular flexibility index (Phi) is 2.65. The van der Waals surface area contributed by atoms with Crippen molar-refractivity contribution in [1.29, 1.82) is 0 Å². The Hall–Kier alpha value is -1.85. The van der Waals surface area contributed by atoms with Gasteiger partial charge in [-0.25, -0.2) is 9.78 Å². The van der Waals surface area contributed by atoms with E-state index < -0.39 is 0 Å². The maximum atomic E-state index is 12.2. The number of hydrogen-bond donors (Lipinski definition) is 0. The highest BCUT2D eigenvalue weighted by atomic mass is 16.2. The minimum atomic E-state index is -0.310. The Balaban J connectivity index is 2.90. The highest BCUT2D eigenvalue weighted by Gasteiger charge is 2.15. The van der Waals surface area contributed by atoms with E-state index in [2.05, 4.69) is 4.98 Å². The molecule has 0 aromatic carbocycles. The first-order valence-electron chi connectivity index (χ1n) is 5.54. The molecule has 2 rings (SSSR count).